The Hall–Kier alpha value is -3.03. The van der Waals surface area contributed by atoms with Crippen LogP contribution in [0, 0.1) is 13.8 Å². The topological polar surface area (TPSA) is 97.3 Å². The Morgan fingerprint density at radius 3 is 2.40 bits per heavy atom. The maximum Gasteiger partial charge on any atom is 0.411 e. The van der Waals surface area contributed by atoms with Crippen molar-refractivity contribution in [1.82, 2.24) is 15.1 Å². The SMILES string of the molecule is COC(=O)Nc1cccc(NC(=O)N[C@H](C)c2c(C)nn(C)c2C)c1. The second-order valence-corrected chi connectivity index (χ2v) is 5.73. The summed E-state index contributed by atoms with van der Waals surface area (Å²) in [6.45, 7) is 5.79. The average molecular weight is 345 g/mol. The van der Waals surface area contributed by atoms with Crippen LogP contribution in [-0.4, -0.2) is 29.0 Å². The molecule has 3 amide bonds. The van der Waals surface area contributed by atoms with Crippen molar-refractivity contribution in [3.05, 3.63) is 41.2 Å². The number of anilines is 2. The van der Waals surface area contributed by atoms with E-state index < -0.39 is 6.09 Å². The van der Waals surface area contributed by atoms with E-state index in [2.05, 4.69) is 25.8 Å². The fourth-order valence-corrected chi connectivity index (χ4v) is 2.70. The van der Waals surface area contributed by atoms with E-state index in [0.29, 0.717) is 11.4 Å². The number of ether oxygens (including phenoxy) is 1. The summed E-state index contributed by atoms with van der Waals surface area (Å²) in [6.07, 6.45) is -0.572. The molecule has 25 heavy (non-hydrogen) atoms. The van der Waals surface area contributed by atoms with Crippen molar-refractivity contribution in [2.45, 2.75) is 26.8 Å². The van der Waals surface area contributed by atoms with Crippen molar-refractivity contribution in [2.75, 3.05) is 17.7 Å². The van der Waals surface area contributed by atoms with Gasteiger partial charge < -0.3 is 15.4 Å². The predicted octanol–water partition coefficient (Wildman–Crippen LogP) is 3.10. The van der Waals surface area contributed by atoms with Crippen molar-refractivity contribution in [3.63, 3.8) is 0 Å². The largest absolute Gasteiger partial charge is 0.453 e. The van der Waals surface area contributed by atoms with Crippen LogP contribution in [0.1, 0.15) is 29.9 Å². The summed E-state index contributed by atoms with van der Waals surface area (Å²) in [5, 5.41) is 12.6. The van der Waals surface area contributed by atoms with Crippen LogP contribution in [-0.2, 0) is 11.8 Å². The van der Waals surface area contributed by atoms with Crippen molar-refractivity contribution >= 4 is 23.5 Å². The first-order chi connectivity index (χ1) is 11.8. The standard InChI is InChI=1S/C17H23N5O3/c1-10(15-11(2)21-22(4)12(15)3)18-16(23)19-13-7-6-8-14(9-13)20-17(24)25-5/h6-10H,1-5H3,(H,20,24)(H2,18,19,23)/t10-/m1/s1. The second-order valence-electron chi connectivity index (χ2n) is 5.73. The van der Waals surface area contributed by atoms with Gasteiger partial charge in [0.15, 0.2) is 0 Å². The number of benzene rings is 1. The Kier molecular flexibility index (Phi) is 5.63. The smallest absolute Gasteiger partial charge is 0.411 e. The Morgan fingerprint density at radius 2 is 1.84 bits per heavy atom. The lowest BCUT2D eigenvalue weighted by atomic mass is 10.1. The van der Waals surface area contributed by atoms with Crippen molar-refractivity contribution in [3.8, 4) is 0 Å². The number of nitrogens with zero attached hydrogens (tertiary/aromatic N) is 2. The predicted molar refractivity (Wildman–Crippen MR) is 95.7 cm³/mol. The highest BCUT2D eigenvalue weighted by atomic mass is 16.5. The summed E-state index contributed by atoms with van der Waals surface area (Å²) in [6, 6.07) is 6.26. The number of nitrogens with one attached hydrogen (secondary N) is 3. The number of hydrogen-bond acceptors (Lipinski definition) is 4. The highest BCUT2D eigenvalue weighted by molar-refractivity contribution is 5.91. The van der Waals surface area contributed by atoms with E-state index in [1.54, 1.807) is 28.9 Å². The molecule has 3 N–H and O–H groups in total. The Morgan fingerprint density at radius 1 is 1.20 bits per heavy atom. The molecule has 1 heterocycles. The molecule has 0 fully saturated rings. The molecule has 134 valence electrons. The summed E-state index contributed by atoms with van der Waals surface area (Å²) in [4.78, 5) is 23.5. The zero-order valence-corrected chi connectivity index (χ0v) is 15.0. The van der Waals surface area contributed by atoms with Gasteiger partial charge in [-0.1, -0.05) is 6.07 Å². The first kappa shape index (κ1) is 18.3. The third-order valence-electron chi connectivity index (χ3n) is 3.90. The number of aryl methyl sites for hydroxylation is 2. The minimum atomic E-state index is -0.572. The molecule has 0 unspecified atom stereocenters. The minimum absolute atomic E-state index is 0.190. The molecule has 1 aromatic heterocycles. The monoisotopic (exact) mass is 345 g/mol. The zero-order chi connectivity index (χ0) is 18.6. The Labute approximate surface area is 146 Å². The molecule has 0 bridgehead atoms. The van der Waals surface area contributed by atoms with Gasteiger partial charge >= 0.3 is 12.1 Å². The molecule has 0 aliphatic rings. The van der Waals surface area contributed by atoms with Crippen LogP contribution in [0.2, 0.25) is 0 Å². The lowest BCUT2D eigenvalue weighted by Crippen LogP contribution is -2.31. The number of carbonyl (C=O) groups excluding carboxylic acids is 2. The molecule has 0 radical (unpaired) electrons. The van der Waals surface area contributed by atoms with Gasteiger partial charge in [-0.3, -0.25) is 10.00 Å². The van der Waals surface area contributed by atoms with E-state index in [-0.39, 0.29) is 12.1 Å². The van der Waals surface area contributed by atoms with Gasteiger partial charge in [-0.25, -0.2) is 9.59 Å². The summed E-state index contributed by atoms with van der Waals surface area (Å²) in [5.74, 6) is 0. The third kappa shape index (κ3) is 4.50. The molecule has 0 spiro atoms. The van der Waals surface area contributed by atoms with Crippen LogP contribution in [0.15, 0.2) is 24.3 Å². The highest BCUT2D eigenvalue weighted by Crippen LogP contribution is 2.21. The van der Waals surface area contributed by atoms with Crippen molar-refractivity contribution in [1.29, 1.82) is 0 Å². The van der Waals surface area contributed by atoms with Crippen LogP contribution >= 0.6 is 0 Å². The fraction of sp³-hybridized carbons (Fsp3) is 0.353. The van der Waals surface area contributed by atoms with E-state index in [1.165, 1.54) is 7.11 Å². The number of amides is 3. The number of aromatic nitrogens is 2. The highest BCUT2D eigenvalue weighted by Gasteiger charge is 2.18. The van der Waals surface area contributed by atoms with Gasteiger partial charge in [-0.15, -0.1) is 0 Å². The van der Waals surface area contributed by atoms with Crippen LogP contribution in [0.25, 0.3) is 0 Å². The van der Waals surface area contributed by atoms with E-state index >= 15 is 0 Å². The quantitative estimate of drug-likeness (QED) is 0.793. The average Bonchev–Trinajstić information content (AvgIpc) is 2.79. The maximum atomic E-state index is 12.3. The number of carbonyl (C=O) groups is 2. The zero-order valence-electron chi connectivity index (χ0n) is 15.0. The molecular weight excluding hydrogens is 322 g/mol. The van der Waals surface area contributed by atoms with Gasteiger partial charge in [0.1, 0.15) is 0 Å². The van der Waals surface area contributed by atoms with Crippen LogP contribution in [0.3, 0.4) is 0 Å². The number of methoxy groups -OCH3 is 1. The minimum Gasteiger partial charge on any atom is -0.453 e. The number of hydrogen-bond donors (Lipinski definition) is 3. The van der Waals surface area contributed by atoms with Crippen LogP contribution < -0.4 is 16.0 Å². The maximum absolute atomic E-state index is 12.3. The van der Waals surface area contributed by atoms with Crippen LogP contribution in [0.5, 0.6) is 0 Å². The van der Waals surface area contributed by atoms with Crippen LogP contribution in [0.4, 0.5) is 21.0 Å². The van der Waals surface area contributed by atoms with Gasteiger partial charge in [0, 0.05) is 29.7 Å². The third-order valence-corrected chi connectivity index (χ3v) is 3.90. The van der Waals surface area contributed by atoms with E-state index in [0.717, 1.165) is 17.0 Å². The molecule has 1 aromatic carbocycles. The molecule has 8 nitrogen and oxygen atoms in total. The van der Waals surface area contributed by atoms with Gasteiger partial charge in [-0.05, 0) is 39.0 Å². The molecule has 2 aromatic rings. The fourth-order valence-electron chi connectivity index (χ4n) is 2.70. The van der Waals surface area contributed by atoms with Gasteiger partial charge in [-0.2, -0.15) is 5.10 Å². The van der Waals surface area contributed by atoms with Crippen molar-refractivity contribution in [2.24, 2.45) is 7.05 Å². The van der Waals surface area contributed by atoms with E-state index in [4.69, 9.17) is 0 Å². The molecule has 2 rings (SSSR count). The first-order valence-electron chi connectivity index (χ1n) is 7.84. The normalized spacial score (nSPS) is 11.6. The first-order valence-corrected chi connectivity index (χ1v) is 7.84. The Bertz CT molecular complexity index is 785. The number of rotatable bonds is 4. The van der Waals surface area contributed by atoms with Gasteiger partial charge in [0.05, 0.1) is 18.8 Å². The number of urea groups is 1. The summed E-state index contributed by atoms with van der Waals surface area (Å²) in [5.41, 5.74) is 3.97. The Balaban J connectivity index is 2.02. The van der Waals surface area contributed by atoms with E-state index in [1.807, 2.05) is 27.8 Å². The van der Waals surface area contributed by atoms with Gasteiger partial charge in [0.25, 0.3) is 0 Å². The molecule has 0 aliphatic heterocycles. The van der Waals surface area contributed by atoms with E-state index in [9.17, 15) is 9.59 Å². The molecule has 0 saturated carbocycles. The lowest BCUT2D eigenvalue weighted by molar-refractivity contribution is 0.187. The molecule has 8 heteroatoms. The molecule has 0 aliphatic carbocycles. The molecule has 1 atom stereocenters. The summed E-state index contributed by atoms with van der Waals surface area (Å²) < 4.78 is 6.34. The second kappa shape index (κ2) is 7.69. The molecular formula is C17H23N5O3. The summed E-state index contributed by atoms with van der Waals surface area (Å²) >= 11 is 0. The van der Waals surface area contributed by atoms with Gasteiger partial charge in [0.2, 0.25) is 0 Å². The molecule has 0 saturated heterocycles. The summed E-state index contributed by atoms with van der Waals surface area (Å²) in [7, 11) is 3.16. The lowest BCUT2D eigenvalue weighted by Gasteiger charge is -2.16. The van der Waals surface area contributed by atoms with Crippen molar-refractivity contribution < 1.29 is 14.3 Å².